The first kappa shape index (κ1) is 14.8. The van der Waals surface area contributed by atoms with Gasteiger partial charge >= 0.3 is 0 Å². The zero-order chi connectivity index (χ0) is 14.0. The van der Waals surface area contributed by atoms with Gasteiger partial charge in [-0.15, -0.1) is 0 Å². The van der Waals surface area contributed by atoms with Gasteiger partial charge in [-0.25, -0.2) is 0 Å². The Labute approximate surface area is 116 Å². The SMILES string of the molecule is CC(C)c1cnn(C2CCN(CP(C)(C)=O)CC2)c1. The molecule has 2 rings (SSSR count). The smallest absolute Gasteiger partial charge is 0.0951 e. The fourth-order valence-corrected chi connectivity index (χ4v) is 3.90. The van der Waals surface area contributed by atoms with Crippen molar-refractivity contribution >= 4 is 7.14 Å². The van der Waals surface area contributed by atoms with Crippen molar-refractivity contribution in [3.63, 3.8) is 0 Å². The van der Waals surface area contributed by atoms with Crippen LogP contribution in [0.25, 0.3) is 0 Å². The Morgan fingerprint density at radius 2 is 2.00 bits per heavy atom. The first-order valence-corrected chi connectivity index (χ1v) is 9.94. The number of piperidine rings is 1. The summed E-state index contributed by atoms with van der Waals surface area (Å²) in [6.45, 7) is 10.2. The highest BCUT2D eigenvalue weighted by Crippen LogP contribution is 2.38. The maximum atomic E-state index is 11.9. The average molecular weight is 283 g/mol. The number of hydrogen-bond acceptors (Lipinski definition) is 3. The molecule has 2 heterocycles. The summed E-state index contributed by atoms with van der Waals surface area (Å²) in [6.07, 6.45) is 7.16. The minimum absolute atomic E-state index is 0.511. The van der Waals surface area contributed by atoms with Crippen LogP contribution in [0.4, 0.5) is 0 Å². The van der Waals surface area contributed by atoms with Gasteiger partial charge in [-0.3, -0.25) is 9.58 Å². The van der Waals surface area contributed by atoms with E-state index >= 15 is 0 Å². The van der Waals surface area contributed by atoms with E-state index in [1.165, 1.54) is 5.56 Å². The van der Waals surface area contributed by atoms with E-state index in [-0.39, 0.29) is 0 Å². The van der Waals surface area contributed by atoms with Gasteiger partial charge in [0.1, 0.15) is 0 Å². The third kappa shape index (κ3) is 4.19. The van der Waals surface area contributed by atoms with E-state index in [0.29, 0.717) is 12.0 Å². The number of likely N-dealkylation sites (tertiary alicyclic amines) is 1. The van der Waals surface area contributed by atoms with Crippen molar-refractivity contribution in [1.29, 1.82) is 0 Å². The van der Waals surface area contributed by atoms with Gasteiger partial charge in [0.05, 0.1) is 25.7 Å². The van der Waals surface area contributed by atoms with Gasteiger partial charge in [0, 0.05) is 19.3 Å². The first-order chi connectivity index (χ1) is 8.85. The molecule has 5 heteroatoms. The molecule has 19 heavy (non-hydrogen) atoms. The normalized spacial score (nSPS) is 19.2. The first-order valence-electron chi connectivity index (χ1n) is 7.15. The number of aromatic nitrogens is 2. The molecular weight excluding hydrogens is 257 g/mol. The van der Waals surface area contributed by atoms with Crippen LogP contribution in [0.1, 0.15) is 44.2 Å². The molecular formula is C14H26N3OP. The molecule has 0 aliphatic carbocycles. The molecule has 0 saturated carbocycles. The summed E-state index contributed by atoms with van der Waals surface area (Å²) in [5, 5.41) is 4.50. The zero-order valence-electron chi connectivity index (χ0n) is 12.5. The van der Waals surface area contributed by atoms with Crippen molar-refractivity contribution in [2.24, 2.45) is 0 Å². The molecule has 1 saturated heterocycles. The van der Waals surface area contributed by atoms with Crippen molar-refractivity contribution in [3.05, 3.63) is 18.0 Å². The summed E-state index contributed by atoms with van der Waals surface area (Å²) in [7, 11) is -1.93. The third-order valence-corrected chi connectivity index (χ3v) is 4.84. The van der Waals surface area contributed by atoms with Crippen LogP contribution in [-0.2, 0) is 4.57 Å². The topological polar surface area (TPSA) is 38.1 Å². The van der Waals surface area contributed by atoms with Gasteiger partial charge in [0.25, 0.3) is 0 Å². The minimum atomic E-state index is -1.93. The molecule has 1 aromatic heterocycles. The molecule has 1 aliphatic heterocycles. The van der Waals surface area contributed by atoms with Gasteiger partial charge in [0.15, 0.2) is 0 Å². The van der Waals surface area contributed by atoms with Crippen LogP contribution in [0.5, 0.6) is 0 Å². The zero-order valence-corrected chi connectivity index (χ0v) is 13.4. The number of hydrogen-bond donors (Lipinski definition) is 0. The van der Waals surface area contributed by atoms with Crippen LogP contribution in [0.3, 0.4) is 0 Å². The molecule has 108 valence electrons. The lowest BCUT2D eigenvalue weighted by Gasteiger charge is -2.32. The maximum Gasteiger partial charge on any atom is 0.0951 e. The maximum absolute atomic E-state index is 11.9. The van der Waals surface area contributed by atoms with E-state index in [2.05, 4.69) is 34.7 Å². The lowest BCUT2D eigenvalue weighted by atomic mass is 10.1. The molecule has 0 amide bonds. The highest BCUT2D eigenvalue weighted by molar-refractivity contribution is 7.62. The molecule has 1 aromatic rings. The van der Waals surface area contributed by atoms with Crippen molar-refractivity contribution in [3.8, 4) is 0 Å². The van der Waals surface area contributed by atoms with Gasteiger partial charge in [-0.2, -0.15) is 5.10 Å². The van der Waals surface area contributed by atoms with Crippen molar-refractivity contribution in [1.82, 2.24) is 14.7 Å². The standard InChI is InChI=1S/C14H26N3OP/c1-12(2)13-9-15-17(10-13)14-5-7-16(8-6-14)11-19(3,4)18/h9-10,12,14H,5-8,11H2,1-4H3. The summed E-state index contributed by atoms with van der Waals surface area (Å²) < 4.78 is 14.0. The summed E-state index contributed by atoms with van der Waals surface area (Å²) in [4.78, 5) is 2.34. The molecule has 0 N–H and O–H groups in total. The van der Waals surface area contributed by atoms with Gasteiger partial charge in [-0.1, -0.05) is 13.8 Å². The highest BCUT2D eigenvalue weighted by Gasteiger charge is 2.23. The Kier molecular flexibility index (Phi) is 4.52. The van der Waals surface area contributed by atoms with E-state index < -0.39 is 7.14 Å². The molecule has 0 spiro atoms. The Morgan fingerprint density at radius 1 is 1.37 bits per heavy atom. The van der Waals surface area contributed by atoms with E-state index in [9.17, 15) is 4.57 Å². The minimum Gasteiger partial charge on any atom is -0.323 e. The molecule has 0 unspecified atom stereocenters. The van der Waals surface area contributed by atoms with Gasteiger partial charge < -0.3 is 4.57 Å². The third-order valence-electron chi connectivity index (χ3n) is 3.76. The predicted molar refractivity (Wildman–Crippen MR) is 80.5 cm³/mol. The van der Waals surface area contributed by atoms with Crippen molar-refractivity contribution in [2.45, 2.75) is 38.6 Å². The molecule has 1 aliphatic rings. The van der Waals surface area contributed by atoms with Gasteiger partial charge in [-0.05, 0) is 37.7 Å². The van der Waals surface area contributed by atoms with E-state index in [1.807, 2.05) is 19.5 Å². The van der Waals surface area contributed by atoms with Crippen LogP contribution in [0, 0.1) is 0 Å². The lowest BCUT2D eigenvalue weighted by molar-refractivity contribution is 0.202. The average Bonchev–Trinajstić information content (AvgIpc) is 2.77. The Balaban J connectivity index is 1.90. The number of nitrogens with zero attached hydrogens (tertiary/aromatic N) is 3. The second-order valence-electron chi connectivity index (χ2n) is 6.47. The van der Waals surface area contributed by atoms with Crippen LogP contribution < -0.4 is 0 Å². The molecule has 0 aromatic carbocycles. The summed E-state index contributed by atoms with van der Waals surface area (Å²) in [5.74, 6) is 0.542. The van der Waals surface area contributed by atoms with Crippen molar-refractivity contribution in [2.75, 3.05) is 32.7 Å². The molecule has 0 atom stereocenters. The van der Waals surface area contributed by atoms with Crippen LogP contribution in [0.2, 0.25) is 0 Å². The highest BCUT2D eigenvalue weighted by atomic mass is 31.2. The van der Waals surface area contributed by atoms with E-state index in [0.717, 1.165) is 32.2 Å². The summed E-state index contributed by atoms with van der Waals surface area (Å²) in [6, 6.07) is 0.511. The van der Waals surface area contributed by atoms with E-state index in [4.69, 9.17) is 0 Å². The monoisotopic (exact) mass is 283 g/mol. The number of rotatable bonds is 4. The Morgan fingerprint density at radius 3 is 2.47 bits per heavy atom. The Hall–Kier alpha value is -0.600. The largest absolute Gasteiger partial charge is 0.323 e. The van der Waals surface area contributed by atoms with Gasteiger partial charge in [0.2, 0.25) is 0 Å². The quantitative estimate of drug-likeness (QED) is 0.796. The summed E-state index contributed by atoms with van der Waals surface area (Å²) in [5.41, 5.74) is 1.31. The van der Waals surface area contributed by atoms with Crippen molar-refractivity contribution < 1.29 is 4.57 Å². The molecule has 0 radical (unpaired) electrons. The molecule has 1 fully saturated rings. The summed E-state index contributed by atoms with van der Waals surface area (Å²) >= 11 is 0. The molecule has 0 bridgehead atoms. The fraction of sp³-hybridized carbons (Fsp3) is 0.786. The second-order valence-corrected chi connectivity index (χ2v) is 9.90. The fourth-order valence-electron chi connectivity index (χ4n) is 2.66. The van der Waals surface area contributed by atoms with E-state index in [1.54, 1.807) is 0 Å². The van der Waals surface area contributed by atoms with Crippen LogP contribution in [-0.4, -0.2) is 47.4 Å². The second kappa shape index (κ2) is 5.80. The van der Waals surface area contributed by atoms with Crippen LogP contribution >= 0.6 is 7.14 Å². The van der Waals surface area contributed by atoms with Crippen LogP contribution in [0.15, 0.2) is 12.4 Å². The predicted octanol–water partition coefficient (Wildman–Crippen LogP) is 3.22. The molecule has 4 nitrogen and oxygen atoms in total. The Bertz CT molecular complexity index is 455. The lowest BCUT2D eigenvalue weighted by Crippen LogP contribution is -2.35.